The van der Waals surface area contributed by atoms with Gasteiger partial charge in [-0.05, 0) is 63.1 Å². The van der Waals surface area contributed by atoms with Gasteiger partial charge in [-0.3, -0.25) is 0 Å². The van der Waals surface area contributed by atoms with Crippen LogP contribution in [0.25, 0.3) is 10.9 Å². The molecule has 0 amide bonds. The smallest absolute Gasteiger partial charge is 0.0489 e. The van der Waals surface area contributed by atoms with E-state index in [-0.39, 0.29) is 0 Å². The molecule has 3 heteroatoms. The summed E-state index contributed by atoms with van der Waals surface area (Å²) in [5.41, 5.74) is 12.0. The Balaban J connectivity index is 2.52. The monoisotopic (exact) mass is 326 g/mol. The van der Waals surface area contributed by atoms with Crippen molar-refractivity contribution in [1.82, 2.24) is 4.57 Å². The Labute approximate surface area is 144 Å². The highest BCUT2D eigenvalue weighted by molar-refractivity contribution is 7.80. The van der Waals surface area contributed by atoms with Crippen LogP contribution in [-0.4, -0.2) is 11.1 Å². The third-order valence-corrected chi connectivity index (χ3v) is 4.40. The lowest BCUT2D eigenvalue weighted by Gasteiger charge is -2.10. The minimum atomic E-state index is 0.656. The first-order chi connectivity index (χ1) is 11.0. The van der Waals surface area contributed by atoms with Crippen molar-refractivity contribution >= 4 is 23.5 Å². The molecule has 0 saturated heterocycles. The third-order valence-electron chi connectivity index (χ3n) is 4.13. The Bertz CT molecular complexity index is 779. The van der Waals surface area contributed by atoms with Crippen molar-refractivity contribution in [1.29, 1.82) is 0 Å². The number of nitrogens with two attached hydrogens (primary N) is 1. The maximum Gasteiger partial charge on any atom is 0.0489 e. The van der Waals surface area contributed by atoms with Gasteiger partial charge in [0.2, 0.25) is 0 Å². The summed E-state index contributed by atoms with van der Waals surface area (Å²) in [5, 5.41) is 1.26. The number of nitrogens with zero attached hydrogens (tertiary/aromatic N) is 1. The van der Waals surface area contributed by atoms with E-state index in [1.54, 1.807) is 0 Å². The van der Waals surface area contributed by atoms with E-state index < -0.39 is 0 Å². The van der Waals surface area contributed by atoms with Gasteiger partial charge in [0.25, 0.3) is 0 Å². The van der Waals surface area contributed by atoms with Crippen molar-refractivity contribution in [2.24, 2.45) is 5.73 Å². The summed E-state index contributed by atoms with van der Waals surface area (Å²) >= 11 is 4.49. The Morgan fingerprint density at radius 3 is 2.70 bits per heavy atom. The standard InChI is InChI=1S/C20H26N2S/c1-5-16(7-6-14(2)3)13-22-15(4)18(10-11-21)19-12-17(23)8-9-20(19)22/h5-9,12,23H,2,10-11,13,21H2,1,3-4H3/b7-6-,16-5+. The summed E-state index contributed by atoms with van der Waals surface area (Å²) in [6.07, 6.45) is 7.24. The van der Waals surface area contributed by atoms with Gasteiger partial charge < -0.3 is 10.3 Å². The molecule has 0 atom stereocenters. The number of allylic oxidation sites excluding steroid dienone is 5. The number of hydrogen-bond donors (Lipinski definition) is 2. The number of fused-ring (bicyclic) bond motifs is 1. The van der Waals surface area contributed by atoms with Crippen molar-refractivity contribution in [2.75, 3.05) is 6.54 Å². The van der Waals surface area contributed by atoms with E-state index in [0.29, 0.717) is 6.54 Å². The van der Waals surface area contributed by atoms with Crippen molar-refractivity contribution < 1.29 is 0 Å². The minimum Gasteiger partial charge on any atom is -0.340 e. The Morgan fingerprint density at radius 2 is 2.09 bits per heavy atom. The molecular formula is C20H26N2S. The molecule has 0 fully saturated rings. The molecule has 0 aliphatic heterocycles. The second-order valence-corrected chi connectivity index (χ2v) is 6.45. The van der Waals surface area contributed by atoms with Crippen LogP contribution in [0.1, 0.15) is 25.1 Å². The average Bonchev–Trinajstić information content (AvgIpc) is 2.76. The molecule has 2 N–H and O–H groups in total. The van der Waals surface area contributed by atoms with Gasteiger partial charge in [-0.2, -0.15) is 0 Å². The molecule has 122 valence electrons. The summed E-state index contributed by atoms with van der Waals surface area (Å²) in [6.45, 7) is 11.7. The van der Waals surface area contributed by atoms with E-state index in [1.165, 1.54) is 27.7 Å². The molecule has 0 aliphatic carbocycles. The summed E-state index contributed by atoms with van der Waals surface area (Å²) in [6, 6.07) is 6.35. The molecule has 2 aromatic rings. The first kappa shape index (κ1) is 17.6. The van der Waals surface area contributed by atoms with E-state index in [9.17, 15) is 0 Å². The number of aromatic nitrogens is 1. The summed E-state index contributed by atoms with van der Waals surface area (Å²) in [4.78, 5) is 0.987. The molecule has 1 aromatic carbocycles. The van der Waals surface area contributed by atoms with Crippen molar-refractivity contribution in [3.63, 3.8) is 0 Å². The van der Waals surface area contributed by atoms with Gasteiger partial charge in [-0.1, -0.05) is 30.4 Å². The molecule has 2 rings (SSSR count). The van der Waals surface area contributed by atoms with Crippen LogP contribution in [0, 0.1) is 6.92 Å². The van der Waals surface area contributed by atoms with E-state index in [4.69, 9.17) is 5.73 Å². The largest absolute Gasteiger partial charge is 0.340 e. The Hall–Kier alpha value is -1.71. The van der Waals surface area contributed by atoms with E-state index in [1.807, 2.05) is 13.0 Å². The van der Waals surface area contributed by atoms with Gasteiger partial charge in [-0.15, -0.1) is 12.6 Å². The van der Waals surface area contributed by atoms with Crippen LogP contribution in [0.2, 0.25) is 0 Å². The molecule has 0 saturated carbocycles. The number of hydrogen-bond acceptors (Lipinski definition) is 2. The number of thiol groups is 1. The number of benzene rings is 1. The zero-order valence-corrected chi connectivity index (χ0v) is 15.2. The Kier molecular flexibility index (Phi) is 5.91. The maximum absolute atomic E-state index is 5.82. The lowest BCUT2D eigenvalue weighted by molar-refractivity contribution is 0.790. The fourth-order valence-electron chi connectivity index (χ4n) is 2.88. The Morgan fingerprint density at radius 1 is 1.35 bits per heavy atom. The highest BCUT2D eigenvalue weighted by Crippen LogP contribution is 2.29. The van der Waals surface area contributed by atoms with Crippen LogP contribution in [0.15, 0.2) is 59.0 Å². The fourth-order valence-corrected chi connectivity index (χ4v) is 3.08. The topological polar surface area (TPSA) is 30.9 Å². The van der Waals surface area contributed by atoms with E-state index in [0.717, 1.165) is 23.4 Å². The first-order valence-corrected chi connectivity index (χ1v) is 8.42. The molecule has 0 aliphatic rings. The predicted octanol–water partition coefficient (Wildman–Crippen LogP) is 4.82. The van der Waals surface area contributed by atoms with E-state index >= 15 is 0 Å². The zero-order chi connectivity index (χ0) is 17.0. The molecule has 0 spiro atoms. The molecule has 0 radical (unpaired) electrons. The second-order valence-electron chi connectivity index (χ2n) is 5.93. The predicted molar refractivity (Wildman–Crippen MR) is 104 cm³/mol. The fraction of sp³-hybridized carbons (Fsp3) is 0.300. The van der Waals surface area contributed by atoms with Crippen molar-refractivity contribution in [3.8, 4) is 0 Å². The maximum atomic E-state index is 5.82. The summed E-state index contributed by atoms with van der Waals surface area (Å²) in [7, 11) is 0. The van der Waals surface area contributed by atoms with E-state index in [2.05, 4.69) is 68.0 Å². The molecule has 1 heterocycles. The van der Waals surface area contributed by atoms with Crippen LogP contribution < -0.4 is 5.73 Å². The lowest BCUT2D eigenvalue weighted by Crippen LogP contribution is -2.06. The molecule has 23 heavy (non-hydrogen) atoms. The first-order valence-electron chi connectivity index (χ1n) is 7.97. The van der Waals surface area contributed by atoms with Crippen molar-refractivity contribution in [3.05, 3.63) is 65.4 Å². The highest BCUT2D eigenvalue weighted by atomic mass is 32.1. The van der Waals surface area contributed by atoms with Crippen LogP contribution in [-0.2, 0) is 13.0 Å². The molecule has 0 bridgehead atoms. The molecule has 2 nitrogen and oxygen atoms in total. The average molecular weight is 327 g/mol. The molecular weight excluding hydrogens is 300 g/mol. The normalized spacial score (nSPS) is 12.5. The molecule has 1 aromatic heterocycles. The lowest BCUT2D eigenvalue weighted by atomic mass is 10.1. The van der Waals surface area contributed by atoms with Gasteiger partial charge in [0.15, 0.2) is 0 Å². The SMILES string of the molecule is C=C(C)/C=C\C(=C/C)Cn1c(C)c(CCN)c2cc(S)ccc21. The summed E-state index contributed by atoms with van der Waals surface area (Å²) < 4.78 is 2.37. The van der Waals surface area contributed by atoms with Crippen molar-refractivity contribution in [2.45, 2.75) is 38.6 Å². The number of rotatable bonds is 6. The van der Waals surface area contributed by atoms with Gasteiger partial charge in [0, 0.05) is 28.0 Å². The zero-order valence-electron chi connectivity index (χ0n) is 14.3. The quantitative estimate of drug-likeness (QED) is 0.579. The van der Waals surface area contributed by atoms with Crippen LogP contribution in [0.3, 0.4) is 0 Å². The molecule has 0 unspecified atom stereocenters. The van der Waals surface area contributed by atoms with Gasteiger partial charge in [-0.25, -0.2) is 0 Å². The highest BCUT2D eigenvalue weighted by Gasteiger charge is 2.14. The van der Waals surface area contributed by atoms with Gasteiger partial charge in [0.05, 0.1) is 0 Å². The third kappa shape index (κ3) is 3.98. The second kappa shape index (κ2) is 7.71. The van der Waals surface area contributed by atoms with Crippen LogP contribution in [0.4, 0.5) is 0 Å². The van der Waals surface area contributed by atoms with Crippen LogP contribution in [0.5, 0.6) is 0 Å². The van der Waals surface area contributed by atoms with Gasteiger partial charge in [0.1, 0.15) is 0 Å². The summed E-state index contributed by atoms with van der Waals surface area (Å²) in [5.74, 6) is 0. The minimum absolute atomic E-state index is 0.656. The van der Waals surface area contributed by atoms with Gasteiger partial charge >= 0.3 is 0 Å². The van der Waals surface area contributed by atoms with Crippen LogP contribution >= 0.6 is 12.6 Å².